The zero-order chi connectivity index (χ0) is 10.3. The Morgan fingerprint density at radius 1 is 1.33 bits per heavy atom. The van der Waals surface area contributed by atoms with Gasteiger partial charge in [0.15, 0.2) is 0 Å². The minimum atomic E-state index is -0.278. The van der Waals surface area contributed by atoms with Gasteiger partial charge in [-0.2, -0.15) is 0 Å². The topological polar surface area (TPSA) is 49.6 Å². The maximum atomic E-state index is 10.3. The summed E-state index contributed by atoms with van der Waals surface area (Å²) in [6.45, 7) is 1.40. The zero-order valence-corrected chi connectivity index (χ0v) is 14.8. The number of carbonyl (C=O) groups excluding carboxylic acids is 1. The van der Waals surface area contributed by atoms with Crippen molar-refractivity contribution >= 4 is 65.8 Å². The Morgan fingerprint density at radius 3 is 1.58 bits per heavy atom. The van der Waals surface area contributed by atoms with Crippen molar-refractivity contribution in [1.82, 2.24) is 10.1 Å². The molecule has 0 aromatic rings. The van der Waals surface area contributed by atoms with Crippen LogP contribution < -0.4 is 5.84 Å². The fourth-order valence-electron chi connectivity index (χ4n) is 0.282. The Bertz CT molecular complexity index is 132. The summed E-state index contributed by atoms with van der Waals surface area (Å²) >= 11 is 7.39. The second-order valence-corrected chi connectivity index (χ2v) is 37.3. The van der Waals surface area contributed by atoms with Gasteiger partial charge in [-0.15, -0.1) is 0 Å². The van der Waals surface area contributed by atoms with Crippen molar-refractivity contribution in [1.29, 1.82) is 0 Å². The number of nitrogens with zero attached hydrogens (tertiary/aromatic N) is 2. The predicted molar refractivity (Wildman–Crippen MR) is 72.5 cm³/mol. The van der Waals surface area contributed by atoms with Crippen molar-refractivity contribution < 1.29 is 9.72 Å². The van der Waals surface area contributed by atoms with Crippen molar-refractivity contribution in [2.45, 2.75) is 6.92 Å². The van der Waals surface area contributed by atoms with E-state index in [2.05, 4.69) is 59.9 Å². The van der Waals surface area contributed by atoms with Gasteiger partial charge in [-0.05, 0) is 0 Å². The number of amides is 1. The normalized spacial score (nSPS) is 9.42. The molecule has 0 aromatic carbocycles. The summed E-state index contributed by atoms with van der Waals surface area (Å²) in [5.74, 6) is 5.00. The average Bonchev–Trinajstić information content (AvgIpc) is 1.84. The van der Waals surface area contributed by atoms with Crippen LogP contribution in [-0.4, -0.2) is 30.1 Å². The van der Waals surface area contributed by atoms with Gasteiger partial charge in [0.1, 0.15) is 0 Å². The Kier molecular flexibility index (Phi) is 13.4. The van der Waals surface area contributed by atoms with Crippen LogP contribution in [0.2, 0.25) is 0 Å². The van der Waals surface area contributed by atoms with E-state index in [1.165, 1.54) is 11.9 Å². The molecule has 0 aliphatic heterocycles. The third-order valence-corrected chi connectivity index (χ3v) is 0.754. The number of carbonyl (C=O) groups is 1. The molecule has 0 fully saturated rings. The summed E-state index contributed by atoms with van der Waals surface area (Å²) in [6.07, 6.45) is 0. The molecule has 0 unspecified atom stereocenters. The van der Waals surface area contributed by atoms with Crippen LogP contribution in [0.25, 0.3) is 0 Å². The van der Waals surface area contributed by atoms with Crippen LogP contribution in [0.3, 0.4) is 0 Å². The first-order valence-electron chi connectivity index (χ1n) is 2.79. The van der Waals surface area contributed by atoms with Gasteiger partial charge in [-0.3, -0.25) is 4.79 Å². The monoisotopic (exact) mass is 549 g/mol. The fourth-order valence-corrected chi connectivity index (χ4v) is 0.282. The molecule has 4 nitrogen and oxygen atoms in total. The third-order valence-electron chi connectivity index (χ3n) is 0.754. The van der Waals surface area contributed by atoms with Crippen LogP contribution in [0, 0.1) is 0 Å². The molecule has 0 atom stereocenters. The number of hydrogen-bond donors (Lipinski definition) is 1. The van der Waals surface area contributed by atoms with Crippen LogP contribution in [0.5, 0.6) is 0 Å². The average molecular weight is 549 g/mol. The zero-order valence-electron chi connectivity index (χ0n) is 6.96. The Hall–Kier alpha value is 2.16. The van der Waals surface area contributed by atoms with Gasteiger partial charge in [-0.1, -0.05) is 0 Å². The van der Waals surface area contributed by atoms with E-state index in [0.29, 0.717) is 0 Å². The van der Waals surface area contributed by atoms with Gasteiger partial charge < -0.3 is 0 Å². The van der Waals surface area contributed by atoms with Crippen LogP contribution in [0.15, 0.2) is 0 Å². The summed E-state index contributed by atoms with van der Waals surface area (Å²) in [5.41, 5.74) is 0. The molecule has 74 valence electrons. The first-order chi connectivity index (χ1) is 5.29. The molecule has 0 rings (SSSR count). The number of rotatable bonds is 1. The SMILES string of the molecule is CC(=O)N(N)N(C)C.[I][V]([I])[I]. The summed E-state index contributed by atoms with van der Waals surface area (Å²) in [6, 6.07) is 0. The summed E-state index contributed by atoms with van der Waals surface area (Å²) in [4.78, 5) is 10.1. The van der Waals surface area contributed by atoms with Gasteiger partial charge in [0, 0.05) is 21.0 Å². The van der Waals surface area contributed by atoms with Crippen molar-refractivity contribution in [3.05, 3.63) is 0 Å². The first-order valence-corrected chi connectivity index (χ1v) is 16.3. The molecule has 0 bridgehead atoms. The molecule has 0 aliphatic rings. The Labute approximate surface area is 111 Å². The van der Waals surface area contributed by atoms with Crippen molar-refractivity contribution in [2.24, 2.45) is 5.84 Å². The van der Waals surface area contributed by atoms with Gasteiger partial charge in [0.05, 0.1) is 0 Å². The van der Waals surface area contributed by atoms with E-state index in [9.17, 15) is 4.79 Å². The van der Waals surface area contributed by atoms with E-state index in [-0.39, 0.29) is 10.8 Å². The number of halogens is 3. The molecule has 0 radical (unpaired) electrons. The summed E-state index contributed by atoms with van der Waals surface area (Å²) in [7, 11) is 3.39. The van der Waals surface area contributed by atoms with E-state index < -0.39 is 0 Å². The fraction of sp³-hybridized carbons (Fsp3) is 0.750. The van der Waals surface area contributed by atoms with Crippen LogP contribution >= 0.6 is 59.9 Å². The number of hydrazine groups is 2. The summed E-state index contributed by atoms with van der Waals surface area (Å²) < 4.78 is 0. The van der Waals surface area contributed by atoms with Crippen LogP contribution in [0.4, 0.5) is 0 Å². The van der Waals surface area contributed by atoms with Crippen molar-refractivity contribution in [3.8, 4) is 0 Å². The Morgan fingerprint density at radius 2 is 1.58 bits per heavy atom. The Balaban J connectivity index is 0. The van der Waals surface area contributed by atoms with E-state index in [1.807, 2.05) is 0 Å². The van der Waals surface area contributed by atoms with Gasteiger partial charge in [-0.25, -0.2) is 16.0 Å². The molecule has 0 saturated carbocycles. The van der Waals surface area contributed by atoms with E-state index >= 15 is 0 Å². The minimum absolute atomic E-state index is 0.171. The molecule has 0 spiro atoms. The molecule has 0 aliphatic carbocycles. The predicted octanol–water partition coefficient (Wildman–Crippen LogP) is 1.84. The van der Waals surface area contributed by atoms with E-state index in [1.54, 1.807) is 14.1 Å². The molecule has 12 heavy (non-hydrogen) atoms. The van der Waals surface area contributed by atoms with E-state index in [0.717, 1.165) is 5.12 Å². The molecule has 2 N–H and O–H groups in total. The molecular weight excluding hydrogens is 538 g/mol. The van der Waals surface area contributed by atoms with Crippen LogP contribution in [0.1, 0.15) is 6.92 Å². The van der Waals surface area contributed by atoms with Gasteiger partial charge >= 0.3 is 64.9 Å². The molecular formula is C4H11I3N3OV. The van der Waals surface area contributed by atoms with Crippen molar-refractivity contribution in [2.75, 3.05) is 14.1 Å². The molecule has 0 aromatic heterocycles. The van der Waals surface area contributed by atoms with Crippen molar-refractivity contribution in [3.63, 3.8) is 0 Å². The van der Waals surface area contributed by atoms with Crippen LogP contribution in [-0.2, 0) is 9.72 Å². The standard InChI is InChI=1S/C4H11N3O.3HI.V/c1-4(8)7(5)6(2)3;;;;/h5H2,1-3H3;3*1H;/q;;;;+3/p-3. The van der Waals surface area contributed by atoms with Gasteiger partial charge in [0.25, 0.3) is 0 Å². The molecule has 0 heterocycles. The molecule has 0 saturated heterocycles. The maximum absolute atomic E-state index is 10.3. The second kappa shape index (κ2) is 9.71. The molecule has 8 heteroatoms. The number of hydrogen-bond acceptors (Lipinski definition) is 3. The molecule has 1 amide bonds. The van der Waals surface area contributed by atoms with E-state index in [4.69, 9.17) is 5.84 Å². The second-order valence-electron chi connectivity index (χ2n) is 1.90. The first kappa shape index (κ1) is 16.6. The summed E-state index contributed by atoms with van der Waals surface area (Å²) in [5, 5.41) is 2.53. The third kappa shape index (κ3) is 14.7. The quantitative estimate of drug-likeness (QED) is 0.236. The van der Waals surface area contributed by atoms with Gasteiger partial charge in [0.2, 0.25) is 5.91 Å². The number of nitrogens with two attached hydrogens (primary N) is 1.